The van der Waals surface area contributed by atoms with E-state index in [9.17, 15) is 9.18 Å². The number of hydrogen-bond donors (Lipinski definition) is 0. The van der Waals surface area contributed by atoms with Gasteiger partial charge in [0.05, 0.1) is 5.02 Å². The number of amides is 1. The Balaban J connectivity index is 1.44. The summed E-state index contributed by atoms with van der Waals surface area (Å²) in [6.45, 7) is 2.93. The van der Waals surface area contributed by atoms with Crippen LogP contribution in [0.4, 0.5) is 4.39 Å². The molecular weight excluding hydrogens is 406 g/mol. The van der Waals surface area contributed by atoms with Crippen molar-refractivity contribution in [3.63, 3.8) is 0 Å². The Bertz CT molecular complexity index is 979. The number of halogens is 3. The zero-order valence-corrected chi connectivity index (χ0v) is 16.8. The minimum absolute atomic E-state index is 0.0372. The molecule has 2 heterocycles. The first kappa shape index (κ1) is 18.7. The van der Waals surface area contributed by atoms with Gasteiger partial charge < -0.3 is 4.90 Å². The van der Waals surface area contributed by atoms with Gasteiger partial charge in [-0.05, 0) is 18.2 Å². The van der Waals surface area contributed by atoms with Gasteiger partial charge in [0.1, 0.15) is 10.7 Å². The number of piperazine rings is 1. The molecule has 1 saturated heterocycles. The molecule has 1 aliphatic rings. The Kier molecular flexibility index (Phi) is 5.37. The highest BCUT2D eigenvalue weighted by Crippen LogP contribution is 2.36. The summed E-state index contributed by atoms with van der Waals surface area (Å²) >= 11 is 14.0. The lowest BCUT2D eigenvalue weighted by Gasteiger charge is -2.34. The first-order chi connectivity index (χ1) is 13.0. The Morgan fingerprint density at radius 2 is 1.78 bits per heavy atom. The Morgan fingerprint density at radius 1 is 1.04 bits per heavy atom. The molecule has 1 fully saturated rings. The van der Waals surface area contributed by atoms with Crippen LogP contribution in [0.5, 0.6) is 0 Å². The largest absolute Gasteiger partial charge is 0.335 e. The minimum atomic E-state index is -0.293. The van der Waals surface area contributed by atoms with Gasteiger partial charge in [-0.2, -0.15) is 0 Å². The van der Waals surface area contributed by atoms with Gasteiger partial charge in [-0.3, -0.25) is 9.69 Å². The molecule has 3 nitrogen and oxygen atoms in total. The van der Waals surface area contributed by atoms with Gasteiger partial charge in [0.2, 0.25) is 0 Å². The van der Waals surface area contributed by atoms with Crippen LogP contribution in [-0.4, -0.2) is 41.9 Å². The normalized spacial score (nSPS) is 15.4. The van der Waals surface area contributed by atoms with Crippen LogP contribution in [0.15, 0.2) is 42.5 Å². The first-order valence-electron chi connectivity index (χ1n) is 8.66. The number of benzene rings is 2. The van der Waals surface area contributed by atoms with E-state index in [1.807, 2.05) is 29.2 Å². The van der Waals surface area contributed by atoms with E-state index in [1.165, 1.54) is 17.4 Å². The summed E-state index contributed by atoms with van der Waals surface area (Å²) in [7, 11) is 0. The second-order valence-corrected chi connectivity index (χ2v) is 8.35. The van der Waals surface area contributed by atoms with E-state index in [0.29, 0.717) is 53.2 Å². The van der Waals surface area contributed by atoms with Crippen LogP contribution in [0.3, 0.4) is 0 Å². The van der Waals surface area contributed by atoms with Crippen molar-refractivity contribution in [2.75, 3.05) is 26.2 Å². The number of fused-ring (bicyclic) bond motifs is 1. The average molecular weight is 423 g/mol. The number of rotatable bonds is 3. The molecule has 1 amide bonds. The fourth-order valence-corrected chi connectivity index (χ4v) is 5.01. The second-order valence-electron chi connectivity index (χ2n) is 6.51. The maximum atomic E-state index is 14.0. The molecule has 0 spiro atoms. The van der Waals surface area contributed by atoms with E-state index in [1.54, 1.807) is 12.1 Å². The molecule has 140 valence electrons. The summed E-state index contributed by atoms with van der Waals surface area (Å²) in [4.78, 5) is 17.4. The monoisotopic (exact) mass is 422 g/mol. The maximum Gasteiger partial charge on any atom is 0.265 e. The average Bonchev–Trinajstić information content (AvgIpc) is 3.02. The molecule has 0 atom stereocenters. The molecule has 2 aromatic carbocycles. The third-order valence-corrected chi connectivity index (χ3v) is 6.85. The van der Waals surface area contributed by atoms with Crippen molar-refractivity contribution in [1.82, 2.24) is 9.80 Å². The van der Waals surface area contributed by atoms with Gasteiger partial charge in [0.25, 0.3) is 5.91 Å². The summed E-state index contributed by atoms with van der Waals surface area (Å²) in [6.07, 6.45) is 0. The zero-order valence-electron chi connectivity index (χ0n) is 14.4. The molecule has 4 rings (SSSR count). The van der Waals surface area contributed by atoms with Crippen LogP contribution in [-0.2, 0) is 6.54 Å². The molecule has 27 heavy (non-hydrogen) atoms. The highest BCUT2D eigenvalue weighted by molar-refractivity contribution is 7.21. The van der Waals surface area contributed by atoms with Crippen molar-refractivity contribution in [3.8, 4) is 0 Å². The van der Waals surface area contributed by atoms with E-state index >= 15 is 0 Å². The van der Waals surface area contributed by atoms with E-state index < -0.39 is 0 Å². The second kappa shape index (κ2) is 7.76. The molecule has 1 aliphatic heterocycles. The molecule has 0 bridgehead atoms. The molecule has 0 saturated carbocycles. The smallest absolute Gasteiger partial charge is 0.265 e. The Labute approximate surface area is 170 Å². The van der Waals surface area contributed by atoms with Gasteiger partial charge in [-0.1, -0.05) is 47.5 Å². The van der Waals surface area contributed by atoms with Crippen molar-refractivity contribution >= 4 is 50.5 Å². The SMILES string of the molecule is O=C(c1sc2ccccc2c1Cl)N1CCN(Cc2c(F)cccc2Cl)CC1. The summed E-state index contributed by atoms with van der Waals surface area (Å²) in [5.41, 5.74) is 0.506. The Morgan fingerprint density at radius 3 is 2.48 bits per heavy atom. The number of carbonyl (C=O) groups excluding carboxylic acids is 1. The van der Waals surface area contributed by atoms with Gasteiger partial charge in [-0.25, -0.2) is 4.39 Å². The van der Waals surface area contributed by atoms with Gasteiger partial charge in [-0.15, -0.1) is 11.3 Å². The molecule has 0 N–H and O–H groups in total. The molecule has 0 aliphatic carbocycles. The lowest BCUT2D eigenvalue weighted by atomic mass is 10.1. The molecule has 0 radical (unpaired) electrons. The van der Waals surface area contributed by atoms with Gasteiger partial charge >= 0.3 is 0 Å². The number of nitrogens with zero attached hydrogens (tertiary/aromatic N) is 2. The van der Waals surface area contributed by atoms with E-state index in [4.69, 9.17) is 23.2 Å². The van der Waals surface area contributed by atoms with Crippen LogP contribution < -0.4 is 0 Å². The Hall–Kier alpha value is -1.66. The lowest BCUT2D eigenvalue weighted by molar-refractivity contribution is 0.0632. The molecule has 0 unspecified atom stereocenters. The fourth-order valence-electron chi connectivity index (χ4n) is 3.31. The molecule has 3 aromatic rings. The fraction of sp³-hybridized carbons (Fsp3) is 0.250. The standard InChI is InChI=1S/C20H17Cl2FN2OS/c21-15-5-3-6-16(23)14(15)12-24-8-10-25(11-9-24)20(26)19-18(22)13-4-1-2-7-17(13)27-19/h1-7H,8-12H2. The third-order valence-electron chi connectivity index (χ3n) is 4.83. The quantitative estimate of drug-likeness (QED) is 0.571. The van der Waals surface area contributed by atoms with Crippen LogP contribution >= 0.6 is 34.5 Å². The van der Waals surface area contributed by atoms with Crippen LogP contribution in [0.25, 0.3) is 10.1 Å². The van der Waals surface area contributed by atoms with Crippen molar-refractivity contribution in [2.45, 2.75) is 6.54 Å². The van der Waals surface area contributed by atoms with Gasteiger partial charge in [0, 0.05) is 53.4 Å². The highest BCUT2D eigenvalue weighted by atomic mass is 35.5. The third kappa shape index (κ3) is 3.69. The van der Waals surface area contributed by atoms with E-state index in [2.05, 4.69) is 4.90 Å². The van der Waals surface area contributed by atoms with Crippen LogP contribution in [0, 0.1) is 5.82 Å². The molecule has 1 aromatic heterocycles. The van der Waals surface area contributed by atoms with E-state index in [0.717, 1.165) is 10.1 Å². The topological polar surface area (TPSA) is 23.6 Å². The number of carbonyl (C=O) groups is 1. The predicted octanol–water partition coefficient (Wildman–Crippen LogP) is 5.31. The number of hydrogen-bond acceptors (Lipinski definition) is 3. The summed E-state index contributed by atoms with van der Waals surface area (Å²) in [5, 5.41) is 1.88. The summed E-state index contributed by atoms with van der Waals surface area (Å²) < 4.78 is 15.0. The maximum absolute atomic E-state index is 14.0. The predicted molar refractivity (Wildman–Crippen MR) is 109 cm³/mol. The first-order valence-corrected chi connectivity index (χ1v) is 10.2. The van der Waals surface area contributed by atoms with Crippen molar-refractivity contribution in [3.05, 3.63) is 68.8 Å². The van der Waals surface area contributed by atoms with E-state index in [-0.39, 0.29) is 11.7 Å². The van der Waals surface area contributed by atoms with Crippen molar-refractivity contribution < 1.29 is 9.18 Å². The molecule has 7 heteroatoms. The minimum Gasteiger partial charge on any atom is -0.335 e. The van der Waals surface area contributed by atoms with Crippen LogP contribution in [0.2, 0.25) is 10.0 Å². The van der Waals surface area contributed by atoms with Crippen molar-refractivity contribution in [1.29, 1.82) is 0 Å². The summed E-state index contributed by atoms with van der Waals surface area (Å²) in [5.74, 6) is -0.331. The summed E-state index contributed by atoms with van der Waals surface area (Å²) in [6, 6.07) is 12.5. The van der Waals surface area contributed by atoms with Crippen LogP contribution in [0.1, 0.15) is 15.2 Å². The van der Waals surface area contributed by atoms with Gasteiger partial charge in [0.15, 0.2) is 0 Å². The highest BCUT2D eigenvalue weighted by Gasteiger charge is 2.26. The molecular formula is C20H17Cl2FN2OS. The lowest BCUT2D eigenvalue weighted by Crippen LogP contribution is -2.48. The number of thiophene rings is 1. The van der Waals surface area contributed by atoms with Crippen molar-refractivity contribution in [2.24, 2.45) is 0 Å². The zero-order chi connectivity index (χ0) is 19.0.